The highest BCUT2D eigenvalue weighted by Gasteiger charge is 2.25. The van der Waals surface area contributed by atoms with Crippen molar-refractivity contribution < 1.29 is 23.7 Å². The van der Waals surface area contributed by atoms with E-state index in [1.165, 1.54) is 0 Å². The average Bonchev–Trinajstić information content (AvgIpc) is 3.65. The zero-order valence-corrected chi connectivity index (χ0v) is 29.8. The molecule has 0 radical (unpaired) electrons. The van der Waals surface area contributed by atoms with Gasteiger partial charge in [0.1, 0.15) is 23.8 Å². The lowest BCUT2D eigenvalue weighted by Crippen LogP contribution is -2.05. The van der Waals surface area contributed by atoms with Gasteiger partial charge in [-0.05, 0) is 48.9 Å². The number of hydrogen-bond donors (Lipinski definition) is 0. The molecule has 0 fully saturated rings. The summed E-state index contributed by atoms with van der Waals surface area (Å²) < 4.78 is 26.9. The lowest BCUT2D eigenvalue weighted by Gasteiger charge is -2.13. The predicted octanol–water partition coefficient (Wildman–Crippen LogP) is 9.14. The van der Waals surface area contributed by atoms with E-state index in [4.69, 9.17) is 19.3 Å². The summed E-state index contributed by atoms with van der Waals surface area (Å²) in [7, 11) is 3.60. The number of nitrogens with zero attached hydrogens (tertiary/aromatic N) is 3. The van der Waals surface area contributed by atoms with Crippen LogP contribution in [0.1, 0.15) is 40.8 Å². The van der Waals surface area contributed by atoms with Gasteiger partial charge < -0.3 is 23.5 Å². The van der Waals surface area contributed by atoms with E-state index in [1.54, 1.807) is 13.2 Å². The lowest BCUT2D eigenvalue weighted by molar-refractivity contribution is 0.111. The van der Waals surface area contributed by atoms with Gasteiger partial charge in [0, 0.05) is 49.2 Å². The molecular weight excluding hydrogens is 638 g/mol. The highest BCUT2D eigenvalue weighted by molar-refractivity contribution is 6.02. The fourth-order valence-corrected chi connectivity index (χ4v) is 6.27. The average molecular weight is 686 g/mol. The molecule has 0 saturated heterocycles. The largest absolute Gasteiger partial charge is 0.493 e. The first-order chi connectivity index (χ1) is 25.1. The van der Waals surface area contributed by atoms with Gasteiger partial charge in [0.25, 0.3) is 0 Å². The Morgan fingerprint density at radius 1 is 0.843 bits per heavy atom. The second kappa shape index (κ2) is 18.5. The zero-order chi connectivity index (χ0) is 36.0. The molecule has 51 heavy (non-hydrogen) atoms. The number of hydrogen-bond acceptors (Lipinski definition) is 6. The molecule has 6 aromatic rings. The van der Waals surface area contributed by atoms with Gasteiger partial charge in [-0.3, -0.25) is 9.48 Å². The summed E-state index contributed by atoms with van der Waals surface area (Å²) in [5.74, 6) is 1.63. The Labute approximate surface area is 300 Å². The third kappa shape index (κ3) is 8.66. The fourth-order valence-electron chi connectivity index (χ4n) is 6.27. The van der Waals surface area contributed by atoms with Gasteiger partial charge in [-0.25, -0.2) is 0 Å². The van der Waals surface area contributed by atoms with Crippen LogP contribution in [-0.4, -0.2) is 47.6 Å². The van der Waals surface area contributed by atoms with Crippen LogP contribution in [0.3, 0.4) is 0 Å². The third-order valence-corrected chi connectivity index (χ3v) is 8.62. The quantitative estimate of drug-likeness (QED) is 0.0542. The Morgan fingerprint density at radius 3 is 2.31 bits per heavy atom. The van der Waals surface area contributed by atoms with Crippen LogP contribution in [-0.2, 0) is 42.7 Å². The Kier molecular flexibility index (Phi) is 13.4. The van der Waals surface area contributed by atoms with Crippen molar-refractivity contribution in [2.24, 2.45) is 7.05 Å². The summed E-state index contributed by atoms with van der Waals surface area (Å²) in [5, 5.41) is 8.15. The Morgan fingerprint density at radius 2 is 1.57 bits per heavy atom. The van der Waals surface area contributed by atoms with Crippen LogP contribution < -0.4 is 9.47 Å². The SMILES string of the molecule is C=CCOCc1c(-c2cccc3c(CCCOc4cccc5ccccc45)c(C=O)n(CC=C)c23)c(COc2ccccc2)nn1C.CCOC. The van der Waals surface area contributed by atoms with Crippen molar-refractivity contribution in [1.82, 2.24) is 14.3 Å². The number of aryl methyl sites for hydroxylation is 2. The number of carbonyl (C=O) groups is 1. The second-order valence-corrected chi connectivity index (χ2v) is 11.9. The van der Waals surface area contributed by atoms with E-state index < -0.39 is 0 Å². The molecule has 0 saturated carbocycles. The molecule has 0 bridgehead atoms. The summed E-state index contributed by atoms with van der Waals surface area (Å²) in [6.45, 7) is 12.6. The van der Waals surface area contributed by atoms with Crippen LogP contribution in [0.2, 0.25) is 0 Å². The second-order valence-electron chi connectivity index (χ2n) is 11.9. The smallest absolute Gasteiger partial charge is 0.166 e. The summed E-state index contributed by atoms with van der Waals surface area (Å²) in [6, 6.07) is 30.3. The molecule has 2 aromatic heterocycles. The molecule has 2 heterocycles. The number of aromatic nitrogens is 3. The molecule has 0 aliphatic heterocycles. The number of aldehydes is 1. The van der Waals surface area contributed by atoms with Crippen LogP contribution in [0.5, 0.6) is 11.5 Å². The van der Waals surface area contributed by atoms with Crippen molar-refractivity contribution in [2.75, 3.05) is 26.9 Å². The van der Waals surface area contributed by atoms with Gasteiger partial charge >= 0.3 is 0 Å². The highest BCUT2D eigenvalue weighted by atomic mass is 16.5. The normalized spacial score (nSPS) is 10.9. The number of benzene rings is 4. The van der Waals surface area contributed by atoms with Gasteiger partial charge in [0.15, 0.2) is 6.29 Å². The van der Waals surface area contributed by atoms with Crippen LogP contribution >= 0.6 is 0 Å². The summed E-state index contributed by atoms with van der Waals surface area (Å²) in [6.07, 6.45) is 5.94. The Balaban J connectivity index is 0.00000120. The number of ether oxygens (including phenoxy) is 4. The van der Waals surface area contributed by atoms with Crippen LogP contribution in [0, 0.1) is 0 Å². The maximum Gasteiger partial charge on any atom is 0.166 e. The molecule has 0 aliphatic rings. The molecule has 0 aliphatic carbocycles. The molecular formula is C43H47N3O5. The number of fused-ring (bicyclic) bond motifs is 2. The summed E-state index contributed by atoms with van der Waals surface area (Å²) in [5.41, 5.74) is 6.19. The van der Waals surface area contributed by atoms with E-state index in [2.05, 4.69) is 52.8 Å². The number of rotatable bonds is 17. The number of para-hydroxylation sites is 2. The lowest BCUT2D eigenvalue weighted by atomic mass is 9.98. The molecule has 0 atom stereocenters. The van der Waals surface area contributed by atoms with Crippen molar-refractivity contribution >= 4 is 28.0 Å². The van der Waals surface area contributed by atoms with Crippen molar-refractivity contribution in [2.45, 2.75) is 39.5 Å². The minimum absolute atomic E-state index is 0.270. The molecule has 0 unspecified atom stereocenters. The highest BCUT2D eigenvalue weighted by Crippen LogP contribution is 2.38. The topological polar surface area (TPSA) is 76.7 Å². The van der Waals surface area contributed by atoms with Crippen LogP contribution in [0.25, 0.3) is 32.8 Å². The number of allylic oxidation sites excluding steroid dienone is 1. The van der Waals surface area contributed by atoms with E-state index in [9.17, 15) is 4.79 Å². The van der Waals surface area contributed by atoms with Crippen molar-refractivity contribution in [1.29, 1.82) is 0 Å². The molecule has 0 N–H and O–H groups in total. The number of methoxy groups -OCH3 is 1. The maximum atomic E-state index is 12.8. The molecule has 8 nitrogen and oxygen atoms in total. The molecule has 0 amide bonds. The first-order valence-corrected chi connectivity index (χ1v) is 17.3. The van der Waals surface area contributed by atoms with E-state index in [-0.39, 0.29) is 6.61 Å². The minimum atomic E-state index is 0.270. The molecule has 4 aromatic carbocycles. The molecule has 8 heteroatoms. The third-order valence-electron chi connectivity index (χ3n) is 8.62. The first kappa shape index (κ1) is 36.8. The minimum Gasteiger partial charge on any atom is -0.493 e. The first-order valence-electron chi connectivity index (χ1n) is 17.3. The van der Waals surface area contributed by atoms with E-state index >= 15 is 0 Å². The zero-order valence-electron chi connectivity index (χ0n) is 29.8. The van der Waals surface area contributed by atoms with Gasteiger partial charge in [-0.1, -0.05) is 84.9 Å². The van der Waals surface area contributed by atoms with Crippen molar-refractivity contribution in [3.63, 3.8) is 0 Å². The Bertz CT molecular complexity index is 2050. The van der Waals surface area contributed by atoms with E-state index in [0.29, 0.717) is 38.5 Å². The molecule has 6 rings (SSSR count). The van der Waals surface area contributed by atoms with Crippen molar-refractivity contribution in [3.05, 3.63) is 139 Å². The van der Waals surface area contributed by atoms with Gasteiger partial charge in [-0.2, -0.15) is 5.10 Å². The molecule has 0 spiro atoms. The van der Waals surface area contributed by atoms with Gasteiger partial charge in [0.2, 0.25) is 0 Å². The number of carbonyl (C=O) groups excluding carboxylic acids is 1. The molecule has 264 valence electrons. The Hall–Kier alpha value is -5.44. The summed E-state index contributed by atoms with van der Waals surface area (Å²) in [4.78, 5) is 12.8. The standard InChI is InChI=1S/C40H39N3O4.C3H8O/c1-4-23-43-36(26-44)32(21-13-25-46-38-22-11-15-29-14-9-10-18-31(29)38)33-19-12-20-34(40(33)43)39-35(27-47-30-16-7-6-8-17-30)41-42(3)37(39)28-45-24-5-2;1-3-4-2/h4-12,14-20,22,26H,1-2,13,21,23-25,27-28H2,3H3;3H2,1-2H3. The van der Waals surface area contributed by atoms with E-state index in [1.807, 2.05) is 85.4 Å². The predicted molar refractivity (Wildman–Crippen MR) is 206 cm³/mol. The van der Waals surface area contributed by atoms with Crippen molar-refractivity contribution in [3.8, 4) is 22.6 Å². The van der Waals surface area contributed by atoms with E-state index in [0.717, 1.165) is 80.6 Å². The van der Waals surface area contributed by atoms with Gasteiger partial charge in [-0.15, -0.1) is 13.2 Å². The van der Waals surface area contributed by atoms with Crippen LogP contribution in [0.15, 0.2) is 116 Å². The fraction of sp³-hybridized carbons (Fsp3) is 0.256. The summed E-state index contributed by atoms with van der Waals surface area (Å²) >= 11 is 0. The monoisotopic (exact) mass is 685 g/mol. The van der Waals surface area contributed by atoms with Crippen LogP contribution in [0.4, 0.5) is 0 Å². The van der Waals surface area contributed by atoms with Gasteiger partial charge in [0.05, 0.1) is 36.7 Å². The maximum absolute atomic E-state index is 12.8.